The number of nitro benzene ring substituents is 1. The highest BCUT2D eigenvalue weighted by Gasteiger charge is 2.21. The van der Waals surface area contributed by atoms with Crippen LogP contribution in [-0.2, 0) is 14.9 Å². The van der Waals surface area contributed by atoms with E-state index in [1.54, 1.807) is 19.1 Å². The minimum Gasteiger partial charge on any atom is -0.454 e. The van der Waals surface area contributed by atoms with Crippen molar-refractivity contribution < 1.29 is 31.9 Å². The van der Waals surface area contributed by atoms with E-state index in [1.165, 1.54) is 36.4 Å². The van der Waals surface area contributed by atoms with Gasteiger partial charge in [0.15, 0.2) is 6.61 Å². The molecule has 178 valence electrons. The number of ether oxygens (including phenoxy) is 1. The SMILES string of the molecule is Cc1[nH]c2ccccc2c1C(=O)COC(=O)c1ccc(OS(=O)(=O)c2cccc([N+](=O)[O-])c2)cc1. The van der Waals surface area contributed by atoms with Gasteiger partial charge in [0.25, 0.3) is 5.69 Å². The third-order valence-corrected chi connectivity index (χ3v) is 6.36. The van der Waals surface area contributed by atoms with Crippen molar-refractivity contribution in [3.8, 4) is 5.75 Å². The lowest BCUT2D eigenvalue weighted by Gasteiger charge is -2.08. The molecule has 0 bridgehead atoms. The molecule has 0 aliphatic carbocycles. The predicted molar refractivity (Wildman–Crippen MR) is 125 cm³/mol. The lowest BCUT2D eigenvalue weighted by molar-refractivity contribution is -0.385. The van der Waals surface area contributed by atoms with Crippen molar-refractivity contribution in [3.05, 3.63) is 99.7 Å². The lowest BCUT2D eigenvalue weighted by atomic mass is 10.1. The number of carbonyl (C=O) groups is 2. The van der Waals surface area contributed by atoms with Crippen molar-refractivity contribution in [2.24, 2.45) is 0 Å². The number of hydrogen-bond donors (Lipinski definition) is 1. The van der Waals surface area contributed by atoms with Gasteiger partial charge in [-0.15, -0.1) is 0 Å². The summed E-state index contributed by atoms with van der Waals surface area (Å²) >= 11 is 0. The summed E-state index contributed by atoms with van der Waals surface area (Å²) < 4.78 is 35.0. The van der Waals surface area contributed by atoms with Crippen molar-refractivity contribution in [1.82, 2.24) is 4.98 Å². The molecule has 0 saturated carbocycles. The summed E-state index contributed by atoms with van der Waals surface area (Å²) in [5, 5.41) is 11.6. The van der Waals surface area contributed by atoms with Gasteiger partial charge in [0.1, 0.15) is 10.6 Å². The number of rotatable bonds is 8. The largest absolute Gasteiger partial charge is 0.454 e. The number of hydrogen-bond acceptors (Lipinski definition) is 8. The zero-order valence-electron chi connectivity index (χ0n) is 18.3. The predicted octanol–water partition coefficient (Wildman–Crippen LogP) is 4.19. The van der Waals surface area contributed by atoms with Gasteiger partial charge in [-0.25, -0.2) is 4.79 Å². The van der Waals surface area contributed by atoms with Gasteiger partial charge < -0.3 is 13.9 Å². The maximum Gasteiger partial charge on any atom is 0.339 e. The highest BCUT2D eigenvalue weighted by atomic mass is 32.2. The molecule has 1 heterocycles. The number of H-pyrrole nitrogens is 1. The molecular formula is C24H18N2O8S. The Kier molecular flexibility index (Phi) is 6.34. The number of aryl methyl sites for hydroxylation is 1. The van der Waals surface area contributed by atoms with E-state index in [0.29, 0.717) is 11.3 Å². The number of ketones is 1. The molecule has 4 aromatic rings. The first-order valence-corrected chi connectivity index (χ1v) is 11.6. The van der Waals surface area contributed by atoms with E-state index in [9.17, 15) is 28.1 Å². The topological polar surface area (TPSA) is 146 Å². The quantitative estimate of drug-likeness (QED) is 0.126. The van der Waals surface area contributed by atoms with Crippen molar-refractivity contribution in [3.63, 3.8) is 0 Å². The van der Waals surface area contributed by atoms with Crippen LogP contribution in [0.1, 0.15) is 26.4 Å². The number of nitrogens with zero attached hydrogens (tertiary/aromatic N) is 1. The second kappa shape index (κ2) is 9.39. The number of para-hydroxylation sites is 1. The number of fused-ring (bicyclic) bond motifs is 1. The van der Waals surface area contributed by atoms with E-state index >= 15 is 0 Å². The number of benzene rings is 3. The Bertz CT molecular complexity index is 1560. The maximum absolute atomic E-state index is 12.7. The van der Waals surface area contributed by atoms with Gasteiger partial charge in [0.2, 0.25) is 5.78 Å². The van der Waals surface area contributed by atoms with Gasteiger partial charge in [-0.05, 0) is 43.3 Å². The minimum atomic E-state index is -4.34. The van der Waals surface area contributed by atoms with Crippen LogP contribution in [0.15, 0.2) is 77.7 Å². The summed E-state index contributed by atoms with van der Waals surface area (Å²) in [6, 6.07) is 16.8. The first-order valence-electron chi connectivity index (χ1n) is 10.2. The van der Waals surface area contributed by atoms with Crippen molar-refractivity contribution in [1.29, 1.82) is 0 Å². The Morgan fingerprint density at radius 2 is 1.71 bits per heavy atom. The van der Waals surface area contributed by atoms with Crippen LogP contribution in [-0.4, -0.2) is 36.7 Å². The van der Waals surface area contributed by atoms with Crippen molar-refractivity contribution in [2.45, 2.75) is 11.8 Å². The molecule has 1 aromatic heterocycles. The van der Waals surface area contributed by atoms with Gasteiger partial charge in [-0.3, -0.25) is 14.9 Å². The number of nitrogens with one attached hydrogen (secondary N) is 1. The Balaban J connectivity index is 1.41. The number of aromatic amines is 1. The molecule has 35 heavy (non-hydrogen) atoms. The number of non-ortho nitro benzene ring substituents is 1. The fourth-order valence-electron chi connectivity index (χ4n) is 3.50. The van der Waals surface area contributed by atoms with E-state index in [-0.39, 0.29) is 22.0 Å². The van der Waals surface area contributed by atoms with Gasteiger partial charge in [0.05, 0.1) is 10.5 Å². The highest BCUT2D eigenvalue weighted by molar-refractivity contribution is 7.87. The lowest BCUT2D eigenvalue weighted by Crippen LogP contribution is -2.15. The zero-order chi connectivity index (χ0) is 25.2. The van der Waals surface area contributed by atoms with Crippen molar-refractivity contribution >= 4 is 38.5 Å². The monoisotopic (exact) mass is 494 g/mol. The molecule has 0 spiro atoms. The minimum absolute atomic E-state index is 0.0774. The molecule has 0 aliphatic rings. The number of Topliss-reactive ketones (excluding diaryl/α,β-unsaturated/α-hetero) is 1. The van der Waals surface area contributed by atoms with Crippen LogP contribution < -0.4 is 4.18 Å². The summed E-state index contributed by atoms with van der Waals surface area (Å²) in [6.45, 7) is 1.29. The van der Waals surface area contributed by atoms with Crippen LogP contribution in [0.2, 0.25) is 0 Å². The molecule has 3 aromatic carbocycles. The zero-order valence-corrected chi connectivity index (χ0v) is 19.1. The molecule has 0 saturated heterocycles. The van der Waals surface area contributed by atoms with Gasteiger partial charge in [0, 0.05) is 34.3 Å². The summed E-state index contributed by atoms with van der Waals surface area (Å²) in [7, 11) is -4.34. The molecule has 0 amide bonds. The first kappa shape index (κ1) is 23.6. The highest BCUT2D eigenvalue weighted by Crippen LogP contribution is 2.24. The van der Waals surface area contributed by atoms with Gasteiger partial charge >= 0.3 is 16.1 Å². The third kappa shape index (κ3) is 5.04. The maximum atomic E-state index is 12.7. The molecule has 10 nitrogen and oxygen atoms in total. The molecular weight excluding hydrogens is 476 g/mol. The number of carbonyl (C=O) groups excluding carboxylic acids is 2. The molecule has 0 radical (unpaired) electrons. The van der Waals surface area contributed by atoms with Gasteiger partial charge in [-0.1, -0.05) is 24.3 Å². The number of nitro groups is 1. The molecule has 4 rings (SSSR count). The fraction of sp³-hybridized carbons (Fsp3) is 0.0833. The second-order valence-electron chi connectivity index (χ2n) is 7.49. The van der Waals surface area contributed by atoms with Crippen LogP contribution in [0, 0.1) is 17.0 Å². The summed E-state index contributed by atoms with van der Waals surface area (Å²) in [6.07, 6.45) is 0. The molecule has 0 unspecified atom stereocenters. The molecule has 11 heteroatoms. The Morgan fingerprint density at radius 1 is 1.00 bits per heavy atom. The van der Waals surface area contributed by atoms with Crippen LogP contribution in [0.3, 0.4) is 0 Å². The standard InChI is InChI=1S/C24H18N2O8S/c1-15-23(20-7-2-3-8-21(20)25-15)22(27)14-33-24(28)16-9-11-18(12-10-16)34-35(31,32)19-6-4-5-17(13-19)26(29)30/h2-13,25H,14H2,1H3. The van der Waals surface area contributed by atoms with Gasteiger partial charge in [-0.2, -0.15) is 8.42 Å². The van der Waals surface area contributed by atoms with Crippen LogP contribution in [0.5, 0.6) is 5.75 Å². The molecule has 1 N–H and O–H groups in total. The summed E-state index contributed by atoms with van der Waals surface area (Å²) in [5.74, 6) is -1.25. The Morgan fingerprint density at radius 3 is 2.43 bits per heavy atom. The van der Waals surface area contributed by atoms with E-state index in [2.05, 4.69) is 4.98 Å². The Hall–Kier alpha value is -4.51. The van der Waals surface area contributed by atoms with E-state index in [4.69, 9.17) is 8.92 Å². The number of aromatic nitrogens is 1. The fourth-order valence-corrected chi connectivity index (χ4v) is 4.47. The third-order valence-electron chi connectivity index (χ3n) is 5.12. The van der Waals surface area contributed by atoms with E-state index in [0.717, 1.165) is 23.0 Å². The average molecular weight is 494 g/mol. The normalized spacial score (nSPS) is 11.2. The molecule has 0 atom stereocenters. The summed E-state index contributed by atoms with van der Waals surface area (Å²) in [5.41, 5.74) is 1.59. The van der Waals surface area contributed by atoms with Crippen LogP contribution >= 0.6 is 0 Å². The van der Waals surface area contributed by atoms with Crippen LogP contribution in [0.25, 0.3) is 10.9 Å². The molecule has 0 aliphatic heterocycles. The number of esters is 1. The smallest absolute Gasteiger partial charge is 0.339 e. The Labute approximate surface area is 199 Å². The first-order chi connectivity index (χ1) is 16.7. The van der Waals surface area contributed by atoms with Crippen LogP contribution in [0.4, 0.5) is 5.69 Å². The molecule has 0 fully saturated rings. The summed E-state index contributed by atoms with van der Waals surface area (Å²) in [4.78, 5) is 37.9. The van der Waals surface area contributed by atoms with E-state index in [1.807, 2.05) is 12.1 Å². The second-order valence-corrected chi connectivity index (χ2v) is 9.03. The van der Waals surface area contributed by atoms with E-state index < -0.39 is 33.3 Å². The average Bonchev–Trinajstić information content (AvgIpc) is 3.18. The van der Waals surface area contributed by atoms with Crippen molar-refractivity contribution in [2.75, 3.05) is 6.61 Å².